The van der Waals surface area contributed by atoms with Gasteiger partial charge >= 0.3 is 15.6 Å². The Kier molecular flexibility index (Phi) is 6.72. The normalized spacial score (nSPS) is 11.8. The molecule has 0 heterocycles. The predicted octanol–water partition coefficient (Wildman–Crippen LogP) is 0.0434. The van der Waals surface area contributed by atoms with Crippen molar-refractivity contribution in [1.29, 1.82) is 0 Å². The van der Waals surface area contributed by atoms with Gasteiger partial charge in [-0.05, 0) is 0 Å². The number of halogens is 1. The van der Waals surface area contributed by atoms with Gasteiger partial charge < -0.3 is 19.6 Å². The Balaban J connectivity index is 0. The Morgan fingerprint density at radius 3 is 1.18 bits per heavy atom. The maximum absolute atomic E-state index is 9.63. The lowest BCUT2D eigenvalue weighted by atomic mass is 12.0. The third-order valence-corrected chi connectivity index (χ3v) is 1.91. The van der Waals surface area contributed by atoms with Crippen molar-refractivity contribution >= 4 is 27.2 Å². The number of hydrogen-bond acceptors (Lipinski definition) is 3. The molecule has 0 aromatic carbocycles. The summed E-state index contributed by atoms with van der Waals surface area (Å²) in [6.45, 7) is 0. The Hall–Kier alpha value is 0.550. The monoisotopic (exact) mass is 228 g/mol. The van der Waals surface area contributed by atoms with E-state index in [9.17, 15) is 9.13 Å². The summed E-state index contributed by atoms with van der Waals surface area (Å²) < 4.78 is 22.2. The van der Waals surface area contributed by atoms with E-state index in [0.717, 1.165) is 0 Å². The number of alkyl halides is 1. The summed E-state index contributed by atoms with van der Waals surface area (Å²) in [7, 11) is -10.1. The van der Waals surface area contributed by atoms with E-state index in [4.69, 9.17) is 19.6 Å². The van der Waals surface area contributed by atoms with Crippen LogP contribution >= 0.6 is 27.2 Å². The van der Waals surface area contributed by atoms with Gasteiger partial charge in [-0.15, -0.1) is 11.6 Å². The SMILES string of the molecule is CCl.O=P(O)(O)OP(=O)(O)O. The van der Waals surface area contributed by atoms with Gasteiger partial charge in [0.2, 0.25) is 0 Å². The smallest absolute Gasteiger partial charge is 0.302 e. The molecule has 70 valence electrons. The van der Waals surface area contributed by atoms with Crippen LogP contribution in [0.25, 0.3) is 0 Å². The minimum atomic E-state index is -5.05. The third-order valence-electron chi connectivity index (χ3n) is 0.213. The van der Waals surface area contributed by atoms with E-state index in [1.54, 1.807) is 0 Å². The molecule has 0 saturated heterocycles. The van der Waals surface area contributed by atoms with Crippen LogP contribution in [0.5, 0.6) is 0 Å². The molecule has 11 heavy (non-hydrogen) atoms. The average molecular weight is 228 g/mol. The summed E-state index contributed by atoms with van der Waals surface area (Å²) in [6.07, 6.45) is 1.47. The lowest BCUT2D eigenvalue weighted by Crippen LogP contribution is -1.84. The summed E-state index contributed by atoms with van der Waals surface area (Å²) in [5.74, 6) is 0. The highest BCUT2D eigenvalue weighted by Crippen LogP contribution is 2.53. The molecule has 0 atom stereocenters. The lowest BCUT2D eigenvalue weighted by Gasteiger charge is -2.03. The first-order chi connectivity index (χ1) is 4.71. The Morgan fingerprint density at radius 2 is 1.18 bits per heavy atom. The maximum Gasteiger partial charge on any atom is 0.478 e. The molecule has 0 aromatic rings. The Labute approximate surface area is 67.4 Å². The van der Waals surface area contributed by atoms with Gasteiger partial charge in [0.05, 0.1) is 0 Å². The van der Waals surface area contributed by atoms with Crippen molar-refractivity contribution in [3.8, 4) is 0 Å². The number of phosphoric acid groups is 2. The largest absolute Gasteiger partial charge is 0.478 e. The van der Waals surface area contributed by atoms with E-state index in [0.29, 0.717) is 0 Å². The van der Waals surface area contributed by atoms with Gasteiger partial charge in [0.15, 0.2) is 0 Å². The van der Waals surface area contributed by atoms with E-state index in [1.807, 2.05) is 0 Å². The van der Waals surface area contributed by atoms with Crippen LogP contribution < -0.4 is 0 Å². The molecular weight excluding hydrogens is 221 g/mol. The van der Waals surface area contributed by atoms with Gasteiger partial charge in [-0.1, -0.05) is 0 Å². The van der Waals surface area contributed by atoms with Gasteiger partial charge in [-0.25, -0.2) is 9.13 Å². The molecule has 0 amide bonds. The van der Waals surface area contributed by atoms with Crippen molar-refractivity contribution in [2.24, 2.45) is 0 Å². The molecule has 7 nitrogen and oxygen atoms in total. The third kappa shape index (κ3) is 18.0. The standard InChI is InChI=1S/CH3Cl.H4O7P2/c1-2;1-8(2,3)7-9(4,5)6/h1H3;(H2,1,2,3)(H2,4,5,6). The summed E-state index contributed by atoms with van der Waals surface area (Å²) >= 11 is 4.64. The molecule has 10 heteroatoms. The second-order valence-electron chi connectivity index (χ2n) is 1.06. The van der Waals surface area contributed by atoms with Gasteiger partial charge in [-0.2, -0.15) is 4.31 Å². The molecule has 0 bridgehead atoms. The molecule has 0 aliphatic heterocycles. The van der Waals surface area contributed by atoms with Crippen molar-refractivity contribution in [1.82, 2.24) is 0 Å². The minimum absolute atomic E-state index is 1.47. The van der Waals surface area contributed by atoms with Crippen molar-refractivity contribution in [3.05, 3.63) is 0 Å². The second kappa shape index (κ2) is 5.24. The van der Waals surface area contributed by atoms with Crippen LogP contribution in [-0.4, -0.2) is 26.0 Å². The Bertz CT molecular complexity index is 157. The van der Waals surface area contributed by atoms with Crippen LogP contribution in [0, 0.1) is 0 Å². The molecular formula is CH7ClO7P2. The topological polar surface area (TPSA) is 124 Å². The van der Waals surface area contributed by atoms with Crippen LogP contribution in [0.3, 0.4) is 0 Å². The van der Waals surface area contributed by atoms with Crippen molar-refractivity contribution in [2.45, 2.75) is 0 Å². The molecule has 0 aliphatic carbocycles. The fraction of sp³-hybridized carbons (Fsp3) is 1.00. The molecule has 0 spiro atoms. The zero-order valence-corrected chi connectivity index (χ0v) is 7.83. The molecule has 0 aliphatic rings. The predicted molar refractivity (Wildman–Crippen MR) is 37.0 cm³/mol. The highest BCUT2D eigenvalue weighted by molar-refractivity contribution is 7.60. The van der Waals surface area contributed by atoms with Crippen LogP contribution in [0.4, 0.5) is 0 Å². The summed E-state index contributed by atoms with van der Waals surface area (Å²) in [6, 6.07) is 0. The van der Waals surface area contributed by atoms with E-state index in [-0.39, 0.29) is 0 Å². The molecule has 0 fully saturated rings. The number of hydrogen-bond donors (Lipinski definition) is 4. The molecule has 0 aromatic heterocycles. The van der Waals surface area contributed by atoms with E-state index < -0.39 is 15.6 Å². The molecule has 0 radical (unpaired) electrons. The van der Waals surface area contributed by atoms with Crippen molar-refractivity contribution in [3.63, 3.8) is 0 Å². The first-order valence-corrected chi connectivity index (χ1v) is 5.72. The highest BCUT2D eigenvalue weighted by Gasteiger charge is 2.27. The van der Waals surface area contributed by atoms with Gasteiger partial charge in [-0.3, -0.25) is 0 Å². The summed E-state index contributed by atoms with van der Waals surface area (Å²) in [5.41, 5.74) is 0. The summed E-state index contributed by atoms with van der Waals surface area (Å²) in [4.78, 5) is 31.0. The zero-order valence-electron chi connectivity index (χ0n) is 5.29. The van der Waals surface area contributed by atoms with Gasteiger partial charge in [0.1, 0.15) is 0 Å². The molecule has 0 saturated carbocycles. The fourth-order valence-corrected chi connectivity index (χ4v) is 1.25. The quantitative estimate of drug-likeness (QED) is 0.388. The highest BCUT2D eigenvalue weighted by atomic mass is 35.5. The Morgan fingerprint density at radius 1 is 1.00 bits per heavy atom. The first kappa shape index (κ1) is 14.1. The van der Waals surface area contributed by atoms with E-state index >= 15 is 0 Å². The van der Waals surface area contributed by atoms with Crippen LogP contribution in [0.1, 0.15) is 0 Å². The van der Waals surface area contributed by atoms with E-state index in [1.165, 1.54) is 6.38 Å². The maximum atomic E-state index is 9.63. The average Bonchev–Trinajstić information content (AvgIpc) is 1.60. The van der Waals surface area contributed by atoms with Crippen LogP contribution in [0.2, 0.25) is 0 Å². The molecule has 0 rings (SSSR count). The fourth-order valence-electron chi connectivity index (χ4n) is 0.139. The van der Waals surface area contributed by atoms with Gasteiger partial charge in [0, 0.05) is 6.38 Å². The van der Waals surface area contributed by atoms with E-state index in [2.05, 4.69) is 15.9 Å². The minimum Gasteiger partial charge on any atom is -0.302 e. The van der Waals surface area contributed by atoms with Crippen LogP contribution in [-0.2, 0) is 13.4 Å². The molecule has 4 N–H and O–H groups in total. The van der Waals surface area contributed by atoms with Crippen molar-refractivity contribution in [2.75, 3.05) is 6.38 Å². The van der Waals surface area contributed by atoms with Gasteiger partial charge in [0.25, 0.3) is 0 Å². The number of rotatable bonds is 2. The molecule has 0 unspecified atom stereocenters. The van der Waals surface area contributed by atoms with Crippen molar-refractivity contribution < 1.29 is 33.0 Å². The first-order valence-electron chi connectivity index (χ1n) is 1.91. The lowest BCUT2D eigenvalue weighted by molar-refractivity contribution is 0.225. The summed E-state index contributed by atoms with van der Waals surface area (Å²) in [5, 5.41) is 0. The zero-order chi connectivity index (χ0) is 9.71. The second-order valence-corrected chi connectivity index (χ2v) is 3.68. The van der Waals surface area contributed by atoms with Crippen LogP contribution in [0.15, 0.2) is 0 Å².